The van der Waals surface area contributed by atoms with E-state index >= 15 is 0 Å². The van der Waals surface area contributed by atoms with E-state index in [4.69, 9.17) is 11.6 Å². The number of hydrogen-bond acceptors (Lipinski definition) is 5. The standard InChI is InChI=1S/C14H16ClNO5/c1-8(15)6-12(17)16-11-7-9(13(18)20-2)4-5-10(11)14(19)21-3/h4-5,7-8H,6H2,1-3H3,(H,16,17). The van der Waals surface area contributed by atoms with Gasteiger partial charge in [-0.1, -0.05) is 0 Å². The summed E-state index contributed by atoms with van der Waals surface area (Å²) in [5.41, 5.74) is 0.521. The minimum atomic E-state index is -0.624. The van der Waals surface area contributed by atoms with Crippen molar-refractivity contribution in [3.8, 4) is 0 Å². The van der Waals surface area contributed by atoms with Crippen molar-refractivity contribution in [1.29, 1.82) is 0 Å². The largest absolute Gasteiger partial charge is 0.465 e. The van der Waals surface area contributed by atoms with Crippen LogP contribution in [0.3, 0.4) is 0 Å². The van der Waals surface area contributed by atoms with Crippen LogP contribution in [0.5, 0.6) is 0 Å². The third kappa shape index (κ3) is 4.75. The molecule has 0 aliphatic carbocycles. The number of esters is 2. The molecule has 114 valence electrons. The molecule has 1 aromatic carbocycles. The van der Waals surface area contributed by atoms with Gasteiger partial charge in [0.25, 0.3) is 0 Å². The SMILES string of the molecule is COC(=O)c1ccc(C(=O)OC)c(NC(=O)CC(C)Cl)c1. The fraction of sp³-hybridized carbons (Fsp3) is 0.357. The zero-order valence-corrected chi connectivity index (χ0v) is 12.7. The normalized spacial score (nSPS) is 11.4. The second kappa shape index (κ2) is 7.64. The number of anilines is 1. The topological polar surface area (TPSA) is 81.7 Å². The highest BCUT2D eigenvalue weighted by Gasteiger charge is 2.17. The van der Waals surface area contributed by atoms with Gasteiger partial charge in [-0.05, 0) is 25.1 Å². The van der Waals surface area contributed by atoms with Crippen LogP contribution in [0.2, 0.25) is 0 Å². The maximum absolute atomic E-state index is 11.8. The molecule has 0 aromatic heterocycles. The Balaban J connectivity index is 3.13. The number of hydrogen-bond donors (Lipinski definition) is 1. The first-order chi connectivity index (χ1) is 9.88. The van der Waals surface area contributed by atoms with Gasteiger partial charge in [-0.25, -0.2) is 9.59 Å². The van der Waals surface area contributed by atoms with E-state index in [1.165, 1.54) is 32.4 Å². The van der Waals surface area contributed by atoms with Crippen LogP contribution < -0.4 is 5.32 Å². The van der Waals surface area contributed by atoms with E-state index in [0.717, 1.165) is 0 Å². The summed E-state index contributed by atoms with van der Waals surface area (Å²) in [4.78, 5) is 35.0. The number of alkyl halides is 1. The lowest BCUT2D eigenvalue weighted by molar-refractivity contribution is -0.116. The van der Waals surface area contributed by atoms with Crippen LogP contribution in [0.15, 0.2) is 18.2 Å². The fourth-order valence-corrected chi connectivity index (χ4v) is 1.78. The Labute approximate surface area is 127 Å². The van der Waals surface area contributed by atoms with E-state index in [1.807, 2.05) is 0 Å². The summed E-state index contributed by atoms with van der Waals surface area (Å²) in [5, 5.41) is 2.19. The predicted molar refractivity (Wildman–Crippen MR) is 77.7 cm³/mol. The third-order valence-corrected chi connectivity index (χ3v) is 2.74. The Kier molecular flexibility index (Phi) is 6.17. The van der Waals surface area contributed by atoms with Crippen molar-refractivity contribution in [2.24, 2.45) is 0 Å². The van der Waals surface area contributed by atoms with Gasteiger partial charge in [0, 0.05) is 11.8 Å². The second-order valence-electron chi connectivity index (χ2n) is 4.28. The predicted octanol–water partition coefficient (Wildman–Crippen LogP) is 2.22. The lowest BCUT2D eigenvalue weighted by Crippen LogP contribution is -2.18. The van der Waals surface area contributed by atoms with Gasteiger partial charge >= 0.3 is 11.9 Å². The molecule has 0 heterocycles. The first-order valence-corrected chi connectivity index (χ1v) is 6.57. The number of nitrogens with one attached hydrogen (secondary N) is 1. The number of ether oxygens (including phenoxy) is 2. The second-order valence-corrected chi connectivity index (χ2v) is 5.02. The molecule has 0 spiro atoms. The maximum atomic E-state index is 11.8. The molecule has 0 radical (unpaired) electrons. The first kappa shape index (κ1) is 17.0. The Morgan fingerprint density at radius 3 is 2.33 bits per heavy atom. The molecule has 1 unspecified atom stereocenters. The van der Waals surface area contributed by atoms with Crippen LogP contribution in [0.1, 0.15) is 34.1 Å². The van der Waals surface area contributed by atoms with Crippen LogP contribution >= 0.6 is 11.6 Å². The van der Waals surface area contributed by atoms with Crippen LogP contribution in [-0.2, 0) is 14.3 Å². The lowest BCUT2D eigenvalue weighted by Gasteiger charge is -2.12. The number of methoxy groups -OCH3 is 2. The number of carbonyl (C=O) groups is 3. The van der Waals surface area contributed by atoms with Gasteiger partial charge in [-0.3, -0.25) is 4.79 Å². The van der Waals surface area contributed by atoms with E-state index in [2.05, 4.69) is 14.8 Å². The van der Waals surface area contributed by atoms with E-state index in [9.17, 15) is 14.4 Å². The highest BCUT2D eigenvalue weighted by atomic mass is 35.5. The molecule has 0 aliphatic heterocycles. The van der Waals surface area contributed by atoms with Crippen molar-refractivity contribution in [3.63, 3.8) is 0 Å². The molecule has 1 aromatic rings. The molecular formula is C14H16ClNO5. The highest BCUT2D eigenvalue weighted by Crippen LogP contribution is 2.20. The minimum absolute atomic E-state index is 0.0740. The Morgan fingerprint density at radius 2 is 1.81 bits per heavy atom. The summed E-state index contributed by atoms with van der Waals surface area (Å²) in [6, 6.07) is 4.16. The van der Waals surface area contributed by atoms with Gasteiger partial charge in [0.1, 0.15) is 0 Å². The summed E-state index contributed by atoms with van der Waals surface area (Å²) in [6.07, 6.45) is 0.0740. The van der Waals surface area contributed by atoms with Crippen LogP contribution in [0.4, 0.5) is 5.69 Å². The van der Waals surface area contributed by atoms with E-state index in [0.29, 0.717) is 0 Å². The Bertz CT molecular complexity index is 556. The number of carbonyl (C=O) groups excluding carboxylic acids is 3. The van der Waals surface area contributed by atoms with Crippen molar-refractivity contribution in [2.45, 2.75) is 18.7 Å². The summed E-state index contributed by atoms with van der Waals surface area (Å²) in [6.45, 7) is 1.67. The highest BCUT2D eigenvalue weighted by molar-refractivity contribution is 6.21. The van der Waals surface area contributed by atoms with Gasteiger partial charge in [0.2, 0.25) is 5.91 Å². The molecule has 1 amide bonds. The zero-order chi connectivity index (χ0) is 16.0. The molecule has 0 fully saturated rings. The van der Waals surface area contributed by atoms with Gasteiger partial charge in [-0.2, -0.15) is 0 Å². The lowest BCUT2D eigenvalue weighted by atomic mass is 10.1. The smallest absolute Gasteiger partial charge is 0.339 e. The van der Waals surface area contributed by atoms with Gasteiger partial charge in [0.15, 0.2) is 0 Å². The van der Waals surface area contributed by atoms with E-state index in [-0.39, 0.29) is 34.5 Å². The molecule has 1 N–H and O–H groups in total. The molecule has 1 rings (SSSR count). The zero-order valence-electron chi connectivity index (χ0n) is 11.9. The van der Waals surface area contributed by atoms with E-state index < -0.39 is 11.9 Å². The average Bonchev–Trinajstić information content (AvgIpc) is 2.44. The number of halogens is 1. The summed E-state index contributed by atoms with van der Waals surface area (Å²) >= 11 is 5.75. The molecule has 1 atom stereocenters. The van der Waals surface area contributed by atoms with Crippen LogP contribution in [0.25, 0.3) is 0 Å². The quantitative estimate of drug-likeness (QED) is 0.666. The number of amides is 1. The minimum Gasteiger partial charge on any atom is -0.465 e. The van der Waals surface area contributed by atoms with Crippen molar-refractivity contribution in [1.82, 2.24) is 0 Å². The van der Waals surface area contributed by atoms with Crippen LogP contribution in [-0.4, -0.2) is 37.4 Å². The third-order valence-electron chi connectivity index (χ3n) is 2.59. The molecule has 0 saturated carbocycles. The molecule has 7 heteroatoms. The average molecular weight is 314 g/mol. The van der Waals surface area contributed by atoms with Crippen molar-refractivity contribution in [3.05, 3.63) is 29.3 Å². The number of benzene rings is 1. The maximum Gasteiger partial charge on any atom is 0.339 e. The first-order valence-electron chi connectivity index (χ1n) is 6.13. The molecule has 0 aliphatic rings. The molecule has 21 heavy (non-hydrogen) atoms. The van der Waals surface area contributed by atoms with Crippen molar-refractivity contribution in [2.75, 3.05) is 19.5 Å². The molecular weight excluding hydrogens is 298 g/mol. The van der Waals surface area contributed by atoms with Crippen LogP contribution in [0, 0.1) is 0 Å². The molecule has 0 saturated heterocycles. The van der Waals surface area contributed by atoms with Crippen molar-refractivity contribution >= 4 is 35.1 Å². The van der Waals surface area contributed by atoms with Crippen molar-refractivity contribution < 1.29 is 23.9 Å². The van der Waals surface area contributed by atoms with Gasteiger partial charge in [-0.15, -0.1) is 11.6 Å². The van der Waals surface area contributed by atoms with Gasteiger partial charge < -0.3 is 14.8 Å². The monoisotopic (exact) mass is 313 g/mol. The van der Waals surface area contributed by atoms with E-state index in [1.54, 1.807) is 6.92 Å². The summed E-state index contributed by atoms with van der Waals surface area (Å²) in [5.74, 6) is -1.57. The molecule has 6 nitrogen and oxygen atoms in total. The fourth-order valence-electron chi connectivity index (χ4n) is 1.64. The molecule has 0 bridgehead atoms. The Morgan fingerprint density at radius 1 is 1.19 bits per heavy atom. The summed E-state index contributed by atoms with van der Waals surface area (Å²) < 4.78 is 9.23. The van der Waals surface area contributed by atoms with Gasteiger partial charge in [0.05, 0.1) is 31.0 Å². The Hall–Kier alpha value is -2.08. The number of rotatable bonds is 5. The summed E-state index contributed by atoms with van der Waals surface area (Å²) in [7, 11) is 2.47.